The fourth-order valence-electron chi connectivity index (χ4n) is 1.77. The van der Waals surface area contributed by atoms with E-state index in [1.165, 1.54) is 12.8 Å². The predicted molar refractivity (Wildman–Crippen MR) is 58.5 cm³/mol. The smallest absolute Gasteiger partial charge is 0.132 e. The number of hydrogen-bond donors (Lipinski definition) is 2. The lowest BCUT2D eigenvalue weighted by atomic mass is 9.93. The maximum absolute atomic E-state index is 10.2. The summed E-state index contributed by atoms with van der Waals surface area (Å²) in [4.78, 5) is 8.76. The fraction of sp³-hybridized carbons (Fsp3) is 0.600. The van der Waals surface area contributed by atoms with Gasteiger partial charge in [-0.15, -0.1) is 0 Å². The third-order valence-corrected chi connectivity index (χ3v) is 3.56. The van der Waals surface area contributed by atoms with Crippen molar-refractivity contribution in [2.24, 2.45) is 0 Å². The summed E-state index contributed by atoms with van der Waals surface area (Å²) in [5.41, 5.74) is -0.0658. The molecule has 0 atom stereocenters. The summed E-state index contributed by atoms with van der Waals surface area (Å²) in [5.74, 6) is 1.40. The van der Waals surface area contributed by atoms with Crippen molar-refractivity contribution >= 4 is 15.9 Å². The SMILES string of the molecule is OC1(c2nc(C3CC3)ncc2Br)CNC1. The van der Waals surface area contributed by atoms with Crippen LogP contribution in [0.25, 0.3) is 0 Å². The summed E-state index contributed by atoms with van der Waals surface area (Å²) in [7, 11) is 0. The van der Waals surface area contributed by atoms with Gasteiger partial charge in [-0.1, -0.05) is 0 Å². The van der Waals surface area contributed by atoms with E-state index in [2.05, 4.69) is 31.2 Å². The Labute approximate surface area is 96.3 Å². The molecule has 4 nitrogen and oxygen atoms in total. The number of nitrogens with zero attached hydrogens (tertiary/aromatic N) is 2. The van der Waals surface area contributed by atoms with Gasteiger partial charge in [-0.3, -0.25) is 0 Å². The van der Waals surface area contributed by atoms with Gasteiger partial charge in [0.15, 0.2) is 0 Å². The second kappa shape index (κ2) is 3.23. The molecule has 0 amide bonds. The molecular formula is C10H12BrN3O. The van der Waals surface area contributed by atoms with Crippen molar-refractivity contribution in [2.45, 2.75) is 24.4 Å². The molecule has 3 rings (SSSR count). The molecule has 0 aromatic carbocycles. The lowest BCUT2D eigenvalue weighted by molar-refractivity contribution is -0.0195. The van der Waals surface area contributed by atoms with Crippen LogP contribution >= 0.6 is 15.9 Å². The van der Waals surface area contributed by atoms with Gasteiger partial charge >= 0.3 is 0 Å². The van der Waals surface area contributed by atoms with Crippen LogP contribution in [0.4, 0.5) is 0 Å². The van der Waals surface area contributed by atoms with Crippen molar-refractivity contribution in [1.82, 2.24) is 15.3 Å². The molecule has 2 fully saturated rings. The maximum atomic E-state index is 10.2. The van der Waals surface area contributed by atoms with Gasteiger partial charge in [0.05, 0.1) is 10.2 Å². The van der Waals surface area contributed by atoms with Crippen LogP contribution in [0.3, 0.4) is 0 Å². The van der Waals surface area contributed by atoms with Gasteiger partial charge < -0.3 is 10.4 Å². The second-order valence-electron chi connectivity index (χ2n) is 4.33. The van der Waals surface area contributed by atoms with Crippen molar-refractivity contribution in [3.63, 3.8) is 0 Å². The number of β-amino-alcohol motifs (C(OH)–C–C–N with tert-alkyl or cyclic N) is 1. The van der Waals surface area contributed by atoms with Crippen molar-refractivity contribution < 1.29 is 5.11 Å². The Morgan fingerprint density at radius 3 is 2.73 bits per heavy atom. The van der Waals surface area contributed by atoms with Crippen molar-refractivity contribution in [1.29, 1.82) is 0 Å². The highest BCUT2D eigenvalue weighted by Gasteiger charge is 2.40. The van der Waals surface area contributed by atoms with E-state index in [0.29, 0.717) is 19.0 Å². The number of aliphatic hydroxyl groups is 1. The zero-order valence-corrected chi connectivity index (χ0v) is 9.79. The minimum atomic E-state index is -0.800. The Balaban J connectivity index is 2.00. The zero-order chi connectivity index (χ0) is 10.5. The molecule has 5 heteroatoms. The lowest BCUT2D eigenvalue weighted by Crippen LogP contribution is -2.57. The minimum absolute atomic E-state index is 0.522. The highest BCUT2D eigenvalue weighted by atomic mass is 79.9. The van der Waals surface area contributed by atoms with E-state index in [4.69, 9.17) is 0 Å². The molecule has 0 bridgehead atoms. The number of hydrogen-bond acceptors (Lipinski definition) is 4. The first kappa shape index (κ1) is 9.69. The van der Waals surface area contributed by atoms with Crippen molar-refractivity contribution in [3.05, 3.63) is 22.2 Å². The standard InChI is InChI=1S/C10H12BrN3O/c11-7-3-13-9(6-1-2-6)14-8(7)10(15)4-12-5-10/h3,6,12,15H,1-2,4-5H2. The molecule has 0 radical (unpaired) electrons. The molecular weight excluding hydrogens is 258 g/mol. The Kier molecular flexibility index (Phi) is 2.09. The van der Waals surface area contributed by atoms with Crippen LogP contribution in [0.15, 0.2) is 10.7 Å². The number of rotatable bonds is 2. The average molecular weight is 270 g/mol. The van der Waals surface area contributed by atoms with E-state index in [1.54, 1.807) is 6.20 Å². The molecule has 1 saturated heterocycles. The lowest BCUT2D eigenvalue weighted by Gasteiger charge is -2.37. The first-order valence-electron chi connectivity index (χ1n) is 5.15. The first-order valence-corrected chi connectivity index (χ1v) is 5.94. The van der Waals surface area contributed by atoms with Crippen LogP contribution in [-0.4, -0.2) is 28.2 Å². The van der Waals surface area contributed by atoms with Gasteiger partial charge in [-0.2, -0.15) is 0 Å². The summed E-state index contributed by atoms with van der Waals surface area (Å²) in [5, 5.41) is 13.3. The normalized spacial score (nSPS) is 23.6. The molecule has 80 valence electrons. The van der Waals surface area contributed by atoms with E-state index in [-0.39, 0.29) is 0 Å². The molecule has 1 aliphatic heterocycles. The van der Waals surface area contributed by atoms with E-state index in [9.17, 15) is 5.11 Å². The molecule has 1 aliphatic carbocycles. The van der Waals surface area contributed by atoms with E-state index < -0.39 is 5.60 Å². The molecule has 0 spiro atoms. The molecule has 1 saturated carbocycles. The van der Waals surface area contributed by atoms with Gasteiger partial charge in [-0.05, 0) is 28.8 Å². The molecule has 2 heterocycles. The Hall–Kier alpha value is -0.520. The Bertz CT molecular complexity index is 402. The fourth-order valence-corrected chi connectivity index (χ4v) is 2.33. The third-order valence-electron chi connectivity index (χ3n) is 2.98. The average Bonchev–Trinajstić information content (AvgIpc) is 2.98. The molecule has 2 aliphatic rings. The third kappa shape index (κ3) is 1.58. The quantitative estimate of drug-likeness (QED) is 0.838. The number of halogens is 1. The Morgan fingerprint density at radius 1 is 1.47 bits per heavy atom. The zero-order valence-electron chi connectivity index (χ0n) is 8.20. The van der Waals surface area contributed by atoms with E-state index in [0.717, 1.165) is 16.0 Å². The first-order chi connectivity index (χ1) is 7.19. The van der Waals surface area contributed by atoms with Gasteiger partial charge in [0.25, 0.3) is 0 Å². The largest absolute Gasteiger partial charge is 0.381 e. The predicted octanol–water partition coefficient (Wildman–Crippen LogP) is 0.907. The summed E-state index contributed by atoms with van der Waals surface area (Å²) in [6.45, 7) is 1.15. The van der Waals surface area contributed by atoms with Gasteiger partial charge in [0.1, 0.15) is 11.4 Å². The monoisotopic (exact) mass is 269 g/mol. The minimum Gasteiger partial charge on any atom is -0.381 e. The van der Waals surface area contributed by atoms with Crippen LogP contribution in [0, 0.1) is 0 Å². The van der Waals surface area contributed by atoms with E-state index >= 15 is 0 Å². The van der Waals surface area contributed by atoms with E-state index in [1.807, 2.05) is 0 Å². The topological polar surface area (TPSA) is 58.0 Å². The van der Waals surface area contributed by atoms with Crippen molar-refractivity contribution in [3.8, 4) is 0 Å². The molecule has 15 heavy (non-hydrogen) atoms. The van der Waals surface area contributed by atoms with Crippen LogP contribution in [0.5, 0.6) is 0 Å². The van der Waals surface area contributed by atoms with Gasteiger partial charge in [0.2, 0.25) is 0 Å². The van der Waals surface area contributed by atoms with Crippen molar-refractivity contribution in [2.75, 3.05) is 13.1 Å². The molecule has 0 unspecified atom stereocenters. The Morgan fingerprint density at radius 2 is 2.20 bits per heavy atom. The van der Waals surface area contributed by atoms with Crippen LogP contribution in [0.2, 0.25) is 0 Å². The number of aromatic nitrogens is 2. The summed E-state index contributed by atoms with van der Waals surface area (Å²) >= 11 is 3.40. The van der Waals surface area contributed by atoms with Crippen LogP contribution in [-0.2, 0) is 5.60 Å². The van der Waals surface area contributed by atoms with Gasteiger partial charge in [0, 0.05) is 25.2 Å². The maximum Gasteiger partial charge on any atom is 0.132 e. The van der Waals surface area contributed by atoms with Gasteiger partial charge in [-0.25, -0.2) is 9.97 Å². The summed E-state index contributed by atoms with van der Waals surface area (Å²) in [6, 6.07) is 0. The highest BCUT2D eigenvalue weighted by molar-refractivity contribution is 9.10. The summed E-state index contributed by atoms with van der Waals surface area (Å²) < 4.78 is 0.802. The second-order valence-corrected chi connectivity index (χ2v) is 5.19. The highest BCUT2D eigenvalue weighted by Crippen LogP contribution is 2.39. The molecule has 1 aromatic heterocycles. The molecule has 2 N–H and O–H groups in total. The molecule has 1 aromatic rings. The van der Waals surface area contributed by atoms with Crippen LogP contribution in [0.1, 0.15) is 30.3 Å². The van der Waals surface area contributed by atoms with Crippen LogP contribution < -0.4 is 5.32 Å². The number of nitrogens with one attached hydrogen (secondary N) is 1. The summed E-state index contributed by atoms with van der Waals surface area (Å²) in [6.07, 6.45) is 4.11.